The Hall–Kier alpha value is -3.07. The highest BCUT2D eigenvalue weighted by Crippen LogP contribution is 2.26. The van der Waals surface area contributed by atoms with Crippen molar-refractivity contribution >= 4 is 17.2 Å². The minimum atomic E-state index is -4.79. The number of carbonyl (C=O) groups is 1. The Balaban J connectivity index is 1.49. The minimum Gasteiger partial charge on any atom is -0.486 e. The van der Waals surface area contributed by atoms with E-state index in [2.05, 4.69) is 15.0 Å². The third-order valence-corrected chi connectivity index (χ3v) is 4.87. The van der Waals surface area contributed by atoms with Crippen LogP contribution in [0.25, 0.3) is 0 Å². The zero-order valence-corrected chi connectivity index (χ0v) is 16.8. The van der Waals surface area contributed by atoms with Gasteiger partial charge in [0.05, 0.1) is 12.1 Å². The van der Waals surface area contributed by atoms with Crippen LogP contribution in [0, 0.1) is 6.92 Å². The van der Waals surface area contributed by atoms with Gasteiger partial charge >= 0.3 is 6.36 Å². The molecule has 0 atom stereocenters. The van der Waals surface area contributed by atoms with Crippen LogP contribution in [0.1, 0.15) is 21.8 Å². The molecule has 0 saturated heterocycles. The number of nitrogens with one attached hydrogen (secondary N) is 1. The van der Waals surface area contributed by atoms with Crippen LogP contribution in [-0.2, 0) is 24.4 Å². The van der Waals surface area contributed by atoms with Crippen LogP contribution in [0.15, 0.2) is 53.9 Å². The summed E-state index contributed by atoms with van der Waals surface area (Å²) < 4.78 is 47.1. The lowest BCUT2D eigenvalue weighted by molar-refractivity contribution is -0.274. The summed E-state index contributed by atoms with van der Waals surface area (Å²) in [7, 11) is 0. The molecule has 0 radical (unpaired) electrons. The van der Waals surface area contributed by atoms with Crippen LogP contribution in [0.2, 0.25) is 0 Å². The molecule has 0 saturated carbocycles. The van der Waals surface area contributed by atoms with E-state index in [-0.39, 0.29) is 36.8 Å². The van der Waals surface area contributed by atoms with E-state index >= 15 is 0 Å². The predicted molar refractivity (Wildman–Crippen MR) is 106 cm³/mol. The number of alkyl halides is 3. The molecule has 0 aliphatic heterocycles. The van der Waals surface area contributed by atoms with Gasteiger partial charge in [0.2, 0.25) is 5.91 Å². The number of benzene rings is 2. The Morgan fingerprint density at radius 3 is 2.60 bits per heavy atom. The van der Waals surface area contributed by atoms with Crippen molar-refractivity contribution in [3.05, 3.63) is 75.7 Å². The summed E-state index contributed by atoms with van der Waals surface area (Å²) in [5.41, 5.74) is 1.94. The molecule has 5 nitrogen and oxygen atoms in total. The third kappa shape index (κ3) is 6.77. The van der Waals surface area contributed by atoms with Crippen molar-refractivity contribution in [3.8, 4) is 11.5 Å². The summed E-state index contributed by atoms with van der Waals surface area (Å²) in [6.45, 7) is 2.19. The second kappa shape index (κ2) is 9.62. The molecule has 0 unspecified atom stereocenters. The first-order valence-corrected chi connectivity index (χ1v) is 9.89. The second-order valence-electron chi connectivity index (χ2n) is 6.44. The normalized spacial score (nSPS) is 11.2. The van der Waals surface area contributed by atoms with Crippen molar-refractivity contribution < 1.29 is 27.4 Å². The van der Waals surface area contributed by atoms with Crippen LogP contribution < -0.4 is 14.8 Å². The van der Waals surface area contributed by atoms with Crippen LogP contribution in [0.3, 0.4) is 0 Å². The third-order valence-electron chi connectivity index (χ3n) is 4.00. The lowest BCUT2D eigenvalue weighted by Crippen LogP contribution is -2.26. The Morgan fingerprint density at radius 2 is 1.87 bits per heavy atom. The number of para-hydroxylation sites is 1. The average molecular weight is 436 g/mol. The molecular weight excluding hydrogens is 417 g/mol. The molecule has 1 N–H and O–H groups in total. The molecule has 3 rings (SSSR count). The Morgan fingerprint density at radius 1 is 1.13 bits per heavy atom. The first kappa shape index (κ1) is 21.6. The van der Waals surface area contributed by atoms with Crippen molar-refractivity contribution in [2.75, 3.05) is 0 Å². The van der Waals surface area contributed by atoms with Crippen molar-refractivity contribution in [2.45, 2.75) is 32.9 Å². The van der Waals surface area contributed by atoms with E-state index in [9.17, 15) is 18.0 Å². The van der Waals surface area contributed by atoms with Crippen LogP contribution in [0.5, 0.6) is 11.5 Å². The van der Waals surface area contributed by atoms with Crippen LogP contribution >= 0.6 is 11.3 Å². The molecule has 3 aromatic rings. The fourth-order valence-electron chi connectivity index (χ4n) is 2.57. The molecule has 1 amide bonds. The molecule has 0 aliphatic carbocycles. The van der Waals surface area contributed by atoms with E-state index < -0.39 is 6.36 Å². The molecular formula is C21H19F3N2O3S. The van der Waals surface area contributed by atoms with Gasteiger partial charge < -0.3 is 14.8 Å². The Bertz CT molecular complexity index is 988. The second-order valence-corrected chi connectivity index (χ2v) is 7.39. The van der Waals surface area contributed by atoms with E-state index in [4.69, 9.17) is 4.74 Å². The first-order valence-electron chi connectivity index (χ1n) is 9.01. The van der Waals surface area contributed by atoms with Gasteiger partial charge in [0, 0.05) is 17.5 Å². The van der Waals surface area contributed by atoms with Crippen LogP contribution in [-0.4, -0.2) is 17.3 Å². The molecule has 0 bridgehead atoms. The first-order chi connectivity index (χ1) is 14.3. The number of aromatic nitrogens is 1. The van der Waals surface area contributed by atoms with Gasteiger partial charge in [-0.1, -0.05) is 35.9 Å². The number of halogens is 3. The summed E-state index contributed by atoms with van der Waals surface area (Å²) >= 11 is 1.38. The lowest BCUT2D eigenvalue weighted by atomic mass is 10.2. The molecule has 2 aromatic carbocycles. The molecule has 9 heteroatoms. The SMILES string of the molecule is Cc1ccc(OCc2nc(CC(=O)NCc3ccccc3OC(F)(F)F)cs2)cc1. The van der Waals surface area contributed by atoms with Crippen molar-refractivity contribution in [1.82, 2.24) is 10.3 Å². The molecule has 30 heavy (non-hydrogen) atoms. The fourth-order valence-corrected chi connectivity index (χ4v) is 3.28. The maximum atomic E-state index is 12.5. The molecule has 0 fully saturated rings. The summed E-state index contributed by atoms with van der Waals surface area (Å²) in [6.07, 6.45) is -4.78. The van der Waals surface area contributed by atoms with E-state index in [0.717, 1.165) is 16.3 Å². The van der Waals surface area contributed by atoms with Gasteiger partial charge in [0.15, 0.2) is 0 Å². The summed E-state index contributed by atoms with van der Waals surface area (Å²) in [5, 5.41) is 5.08. The molecule has 1 aromatic heterocycles. The zero-order chi connectivity index (χ0) is 21.6. The number of thiazole rings is 1. The smallest absolute Gasteiger partial charge is 0.486 e. The van der Waals surface area contributed by atoms with Crippen molar-refractivity contribution in [1.29, 1.82) is 0 Å². The standard InChI is InChI=1S/C21H19F3N2O3S/c1-14-6-8-17(9-7-14)28-12-20-26-16(13-30-20)10-19(27)25-11-15-4-2-3-5-18(15)29-21(22,23)24/h2-9,13H,10-12H2,1H3,(H,25,27). The van der Waals surface area contributed by atoms with Crippen molar-refractivity contribution in [3.63, 3.8) is 0 Å². The molecule has 0 spiro atoms. The van der Waals surface area contributed by atoms with Gasteiger partial charge in [0.25, 0.3) is 0 Å². The van der Waals surface area contributed by atoms with Gasteiger partial charge in [-0.15, -0.1) is 24.5 Å². The van der Waals surface area contributed by atoms with Gasteiger partial charge in [-0.05, 0) is 25.1 Å². The number of nitrogens with zero attached hydrogens (tertiary/aromatic N) is 1. The quantitative estimate of drug-likeness (QED) is 0.552. The Labute approximate surface area is 175 Å². The van der Waals surface area contributed by atoms with Crippen molar-refractivity contribution in [2.24, 2.45) is 0 Å². The van der Waals surface area contributed by atoms with E-state index in [1.54, 1.807) is 11.4 Å². The minimum absolute atomic E-state index is 0.0172. The van der Waals surface area contributed by atoms with E-state index in [1.165, 1.54) is 29.5 Å². The van der Waals surface area contributed by atoms with E-state index in [0.29, 0.717) is 5.69 Å². The van der Waals surface area contributed by atoms with Gasteiger partial charge in [-0.25, -0.2) is 4.98 Å². The number of ether oxygens (including phenoxy) is 2. The highest BCUT2D eigenvalue weighted by molar-refractivity contribution is 7.09. The predicted octanol–water partition coefficient (Wildman–Crippen LogP) is 4.79. The lowest BCUT2D eigenvalue weighted by Gasteiger charge is -2.13. The monoisotopic (exact) mass is 436 g/mol. The largest absolute Gasteiger partial charge is 0.573 e. The average Bonchev–Trinajstić information content (AvgIpc) is 3.13. The van der Waals surface area contributed by atoms with Gasteiger partial charge in [-0.3, -0.25) is 4.79 Å². The molecule has 1 heterocycles. The molecule has 0 aliphatic rings. The summed E-state index contributed by atoms with van der Waals surface area (Å²) in [5.74, 6) is 0.0393. The highest BCUT2D eigenvalue weighted by atomic mass is 32.1. The van der Waals surface area contributed by atoms with Gasteiger partial charge in [-0.2, -0.15) is 0 Å². The number of hydrogen-bond donors (Lipinski definition) is 1. The zero-order valence-electron chi connectivity index (χ0n) is 16.0. The number of carbonyl (C=O) groups excluding carboxylic acids is 1. The fraction of sp³-hybridized carbons (Fsp3) is 0.238. The number of aryl methyl sites for hydroxylation is 1. The van der Waals surface area contributed by atoms with Crippen LogP contribution in [0.4, 0.5) is 13.2 Å². The number of hydrogen-bond acceptors (Lipinski definition) is 5. The topological polar surface area (TPSA) is 60.5 Å². The summed E-state index contributed by atoms with van der Waals surface area (Å²) in [6, 6.07) is 13.3. The molecule has 158 valence electrons. The number of rotatable bonds is 8. The highest BCUT2D eigenvalue weighted by Gasteiger charge is 2.32. The summed E-state index contributed by atoms with van der Waals surface area (Å²) in [4.78, 5) is 16.5. The Kier molecular flexibility index (Phi) is 6.94. The number of amides is 1. The van der Waals surface area contributed by atoms with E-state index in [1.807, 2.05) is 31.2 Å². The van der Waals surface area contributed by atoms with Gasteiger partial charge in [0.1, 0.15) is 23.1 Å². The maximum Gasteiger partial charge on any atom is 0.573 e. The maximum absolute atomic E-state index is 12.5.